The van der Waals surface area contributed by atoms with E-state index in [1.165, 1.54) is 6.08 Å². The zero-order chi connectivity index (χ0) is 20.9. The third kappa shape index (κ3) is 11.3. The van der Waals surface area contributed by atoms with E-state index in [9.17, 15) is 0 Å². The molecular formula is C20H27Cl4NO3. The van der Waals surface area contributed by atoms with Crippen molar-refractivity contribution < 1.29 is 14.3 Å². The third-order valence-corrected chi connectivity index (χ3v) is 4.28. The van der Waals surface area contributed by atoms with Crippen LogP contribution in [0.3, 0.4) is 0 Å². The first-order valence-electron chi connectivity index (χ1n) is 9.11. The Balaban J connectivity index is 2.27. The van der Waals surface area contributed by atoms with Crippen LogP contribution in [0.4, 0.5) is 0 Å². The first-order chi connectivity index (χ1) is 13.3. The Morgan fingerprint density at radius 3 is 2.29 bits per heavy atom. The van der Waals surface area contributed by atoms with Crippen molar-refractivity contribution in [3.05, 3.63) is 44.5 Å². The highest BCUT2D eigenvalue weighted by atomic mass is 35.5. The van der Waals surface area contributed by atoms with Gasteiger partial charge in [-0.3, -0.25) is 10.3 Å². The summed E-state index contributed by atoms with van der Waals surface area (Å²) in [4.78, 5) is 5.42. The lowest BCUT2D eigenvalue weighted by atomic mass is 10.2. The largest absolute Gasteiger partial charge is 0.490 e. The second-order valence-electron chi connectivity index (χ2n) is 6.47. The molecule has 0 aromatic heterocycles. The molecule has 0 saturated heterocycles. The van der Waals surface area contributed by atoms with Gasteiger partial charge in [0, 0.05) is 17.8 Å². The minimum Gasteiger partial charge on any atom is -0.490 e. The number of halogens is 4. The van der Waals surface area contributed by atoms with Gasteiger partial charge in [-0.1, -0.05) is 66.3 Å². The van der Waals surface area contributed by atoms with Crippen molar-refractivity contribution in [2.45, 2.75) is 40.0 Å². The molecule has 1 rings (SSSR count). The highest BCUT2D eigenvalue weighted by molar-refractivity contribution is 6.55. The van der Waals surface area contributed by atoms with Gasteiger partial charge in [-0.15, -0.1) is 0 Å². The number of hydroxylamine groups is 1. The van der Waals surface area contributed by atoms with Crippen LogP contribution < -0.4 is 15.0 Å². The Kier molecular flexibility index (Phi) is 12.8. The molecular weight excluding hydrogens is 444 g/mol. The predicted octanol–water partition coefficient (Wildman–Crippen LogP) is 7.32. The van der Waals surface area contributed by atoms with Gasteiger partial charge in [-0.2, -0.15) is 0 Å². The molecule has 1 aromatic carbocycles. The van der Waals surface area contributed by atoms with Crippen molar-refractivity contribution in [2.24, 2.45) is 5.92 Å². The molecule has 0 spiro atoms. The fraction of sp³-hybridized carbons (Fsp3) is 0.500. The fourth-order valence-corrected chi connectivity index (χ4v) is 2.99. The van der Waals surface area contributed by atoms with Gasteiger partial charge in [0.2, 0.25) is 0 Å². The van der Waals surface area contributed by atoms with Crippen LogP contribution in [0.25, 0.3) is 0 Å². The smallest absolute Gasteiger partial charge is 0.156 e. The molecule has 0 amide bonds. The molecule has 0 bridgehead atoms. The highest BCUT2D eigenvalue weighted by Crippen LogP contribution is 2.37. The monoisotopic (exact) mass is 469 g/mol. The number of hydrogen-bond acceptors (Lipinski definition) is 4. The minimum atomic E-state index is 0.139. The lowest BCUT2D eigenvalue weighted by molar-refractivity contribution is 0.0589. The molecule has 0 aliphatic heterocycles. The zero-order valence-corrected chi connectivity index (χ0v) is 19.4. The average molecular weight is 471 g/mol. The molecule has 28 heavy (non-hydrogen) atoms. The van der Waals surface area contributed by atoms with E-state index in [2.05, 4.69) is 25.4 Å². The molecule has 0 aliphatic carbocycles. The summed E-state index contributed by atoms with van der Waals surface area (Å²) in [7, 11) is 0. The summed E-state index contributed by atoms with van der Waals surface area (Å²) in [5.74, 6) is 1.46. The maximum absolute atomic E-state index is 6.23. The second kappa shape index (κ2) is 14.2. The van der Waals surface area contributed by atoms with Crippen molar-refractivity contribution in [1.29, 1.82) is 0 Å². The fourth-order valence-electron chi connectivity index (χ4n) is 2.28. The van der Waals surface area contributed by atoms with Crippen molar-refractivity contribution in [1.82, 2.24) is 5.48 Å². The van der Waals surface area contributed by atoms with E-state index in [0.29, 0.717) is 40.7 Å². The van der Waals surface area contributed by atoms with Crippen LogP contribution in [0.15, 0.2) is 34.5 Å². The lowest BCUT2D eigenvalue weighted by Crippen LogP contribution is -2.13. The van der Waals surface area contributed by atoms with Crippen molar-refractivity contribution in [2.75, 3.05) is 19.8 Å². The molecule has 0 unspecified atom stereocenters. The van der Waals surface area contributed by atoms with Crippen LogP contribution >= 0.6 is 46.4 Å². The summed E-state index contributed by atoms with van der Waals surface area (Å²) < 4.78 is 11.3. The molecule has 0 aliphatic rings. The number of unbranched alkanes of at least 4 members (excludes halogenated alkanes) is 2. The third-order valence-electron chi connectivity index (χ3n) is 3.41. The maximum atomic E-state index is 6.23. The number of ether oxygens (including phenoxy) is 2. The molecule has 158 valence electrons. The molecule has 8 heteroatoms. The standard InChI is InChI=1S/C20H27Cl4NO3/c1-14(2)11-15(3)25-28-9-6-4-5-8-27-20-17(21)12-16(13-18(20)22)26-10-7-19(23)24/h7,11-14,25H,4-6,8-10H2,1-3H3. The van der Waals surface area contributed by atoms with E-state index in [1.54, 1.807) is 12.1 Å². The summed E-state index contributed by atoms with van der Waals surface area (Å²) >= 11 is 23.5. The quantitative estimate of drug-likeness (QED) is 0.242. The van der Waals surface area contributed by atoms with Crippen molar-refractivity contribution in [3.63, 3.8) is 0 Å². The highest BCUT2D eigenvalue weighted by Gasteiger charge is 2.10. The Morgan fingerprint density at radius 2 is 1.68 bits per heavy atom. The Morgan fingerprint density at radius 1 is 1.04 bits per heavy atom. The van der Waals surface area contributed by atoms with Crippen LogP contribution in [0.1, 0.15) is 40.0 Å². The average Bonchev–Trinajstić information content (AvgIpc) is 2.58. The Labute approximate surface area is 187 Å². The molecule has 0 fully saturated rings. The number of allylic oxidation sites excluding steroid dienone is 2. The van der Waals surface area contributed by atoms with E-state index in [1.807, 2.05) is 6.92 Å². The van der Waals surface area contributed by atoms with E-state index < -0.39 is 0 Å². The first-order valence-corrected chi connectivity index (χ1v) is 10.6. The minimum absolute atomic E-state index is 0.139. The van der Waals surface area contributed by atoms with Gasteiger partial charge in [-0.05, 0) is 38.2 Å². The summed E-state index contributed by atoms with van der Waals surface area (Å²) in [5.41, 5.74) is 3.96. The van der Waals surface area contributed by atoms with Gasteiger partial charge in [0.25, 0.3) is 0 Å². The van der Waals surface area contributed by atoms with E-state index in [0.717, 1.165) is 25.0 Å². The molecule has 0 radical (unpaired) electrons. The Hall–Kier alpha value is -0.780. The lowest BCUT2D eigenvalue weighted by Gasteiger charge is -2.12. The molecule has 4 nitrogen and oxygen atoms in total. The summed E-state index contributed by atoms with van der Waals surface area (Å²) in [6.07, 6.45) is 6.40. The van der Waals surface area contributed by atoms with Crippen LogP contribution in [0.5, 0.6) is 11.5 Å². The van der Waals surface area contributed by atoms with Crippen molar-refractivity contribution in [3.8, 4) is 11.5 Å². The topological polar surface area (TPSA) is 39.7 Å². The first kappa shape index (κ1) is 25.3. The molecule has 0 heterocycles. The SMILES string of the molecule is CC(=CC(C)C)NOCCCCCOc1c(Cl)cc(OCC=C(Cl)Cl)cc1Cl. The van der Waals surface area contributed by atoms with E-state index in [-0.39, 0.29) is 11.1 Å². The molecule has 0 saturated carbocycles. The van der Waals surface area contributed by atoms with Gasteiger partial charge >= 0.3 is 0 Å². The van der Waals surface area contributed by atoms with Crippen LogP contribution in [0, 0.1) is 5.92 Å². The molecule has 1 N–H and O–H groups in total. The zero-order valence-electron chi connectivity index (χ0n) is 16.4. The van der Waals surface area contributed by atoms with Crippen LogP contribution in [-0.4, -0.2) is 19.8 Å². The maximum Gasteiger partial charge on any atom is 0.156 e. The normalized spacial score (nSPS) is 11.5. The summed E-state index contributed by atoms with van der Waals surface area (Å²) in [6.45, 7) is 7.61. The van der Waals surface area contributed by atoms with E-state index >= 15 is 0 Å². The number of hydrogen-bond donors (Lipinski definition) is 1. The number of benzene rings is 1. The summed E-state index contributed by atoms with van der Waals surface area (Å²) in [6, 6.07) is 3.29. The van der Waals surface area contributed by atoms with E-state index in [4.69, 9.17) is 60.7 Å². The molecule has 1 aromatic rings. The number of nitrogens with one attached hydrogen (secondary N) is 1. The van der Waals surface area contributed by atoms with Gasteiger partial charge in [0.15, 0.2) is 5.75 Å². The molecule has 0 atom stereocenters. The second-order valence-corrected chi connectivity index (χ2v) is 8.30. The summed E-state index contributed by atoms with van der Waals surface area (Å²) in [5, 5.41) is 0.784. The van der Waals surface area contributed by atoms with Crippen molar-refractivity contribution >= 4 is 46.4 Å². The van der Waals surface area contributed by atoms with Gasteiger partial charge in [0.1, 0.15) is 16.8 Å². The predicted molar refractivity (Wildman–Crippen MR) is 119 cm³/mol. The van der Waals surface area contributed by atoms with Crippen LogP contribution in [-0.2, 0) is 4.84 Å². The number of rotatable bonds is 13. The van der Waals surface area contributed by atoms with Gasteiger partial charge in [-0.25, -0.2) is 0 Å². The van der Waals surface area contributed by atoms with Gasteiger partial charge in [0.05, 0.1) is 23.3 Å². The Bertz CT molecular complexity index is 636. The van der Waals surface area contributed by atoms with Crippen LogP contribution in [0.2, 0.25) is 10.0 Å². The van der Waals surface area contributed by atoms with Gasteiger partial charge < -0.3 is 9.47 Å².